The molecule has 4 aromatic rings. The van der Waals surface area contributed by atoms with Gasteiger partial charge in [-0.2, -0.15) is 5.10 Å². The lowest BCUT2D eigenvalue weighted by Crippen LogP contribution is -2.32. The van der Waals surface area contributed by atoms with Gasteiger partial charge in [-0.05, 0) is 30.0 Å². The topological polar surface area (TPSA) is 82.6 Å². The number of rotatable bonds is 5. The van der Waals surface area contributed by atoms with E-state index < -0.39 is 21.5 Å². The van der Waals surface area contributed by atoms with E-state index in [4.69, 9.17) is 0 Å². The fourth-order valence-corrected chi connectivity index (χ4v) is 6.07. The molecule has 1 aliphatic rings. The molecule has 0 radical (unpaired) electrons. The number of benzene rings is 2. The number of hydrogen-bond acceptors (Lipinski definition) is 5. The molecule has 162 valence electrons. The Morgan fingerprint density at radius 2 is 1.91 bits per heavy atom. The molecular weight excluding hydrogens is 442 g/mol. The number of aromatic nitrogens is 1. The summed E-state index contributed by atoms with van der Waals surface area (Å²) in [5.74, 6) is -1.18. The Morgan fingerprint density at radius 1 is 1.12 bits per heavy atom. The number of aromatic amines is 1. The number of nitrogens with one attached hydrogen (secondary N) is 1. The first-order chi connectivity index (χ1) is 15.4. The van der Waals surface area contributed by atoms with Crippen molar-refractivity contribution >= 4 is 43.7 Å². The zero-order chi connectivity index (χ0) is 22.3. The average Bonchev–Trinajstić information content (AvgIpc) is 3.52. The van der Waals surface area contributed by atoms with Gasteiger partial charge >= 0.3 is 0 Å². The number of sulfone groups is 1. The first-order valence-corrected chi connectivity index (χ1v) is 12.7. The molecule has 1 atom stereocenters. The number of fused-ring (bicyclic) bond motifs is 1. The van der Waals surface area contributed by atoms with Crippen LogP contribution in [-0.2, 0) is 14.6 Å². The number of carbonyl (C=O) groups is 1. The molecule has 6 nitrogen and oxygen atoms in total. The maximum atomic E-state index is 13.3. The van der Waals surface area contributed by atoms with Crippen LogP contribution < -0.4 is 0 Å². The van der Waals surface area contributed by atoms with Crippen molar-refractivity contribution in [3.8, 4) is 0 Å². The fourth-order valence-electron chi connectivity index (χ4n) is 3.99. The first kappa shape index (κ1) is 20.7. The number of amides is 1. The molecule has 32 heavy (non-hydrogen) atoms. The van der Waals surface area contributed by atoms with Gasteiger partial charge in [0.15, 0.2) is 9.84 Å². The normalized spacial score (nSPS) is 16.5. The summed E-state index contributed by atoms with van der Waals surface area (Å²) in [6.07, 6.45) is 2.00. The summed E-state index contributed by atoms with van der Waals surface area (Å²) < 4.78 is 26.3. The van der Waals surface area contributed by atoms with Gasteiger partial charge in [0.1, 0.15) is 5.75 Å². The third-order valence-electron chi connectivity index (χ3n) is 5.63. The van der Waals surface area contributed by atoms with Gasteiger partial charge < -0.3 is 4.98 Å². The van der Waals surface area contributed by atoms with Crippen molar-refractivity contribution in [1.82, 2.24) is 9.99 Å². The van der Waals surface area contributed by atoms with Crippen LogP contribution in [0.4, 0.5) is 0 Å². The number of thiophene rings is 1. The molecule has 1 unspecified atom stereocenters. The lowest BCUT2D eigenvalue weighted by molar-refractivity contribution is -0.130. The molecule has 0 aliphatic carbocycles. The third-order valence-corrected chi connectivity index (χ3v) is 8.19. The van der Waals surface area contributed by atoms with Crippen LogP contribution in [0.5, 0.6) is 0 Å². The van der Waals surface area contributed by atoms with E-state index in [1.165, 1.54) is 11.2 Å². The minimum Gasteiger partial charge on any atom is -0.360 e. The van der Waals surface area contributed by atoms with E-state index in [-0.39, 0.29) is 10.9 Å². The quantitative estimate of drug-likeness (QED) is 0.466. The predicted octanol–water partition coefficient (Wildman–Crippen LogP) is 4.69. The van der Waals surface area contributed by atoms with Crippen molar-refractivity contribution in [2.24, 2.45) is 5.10 Å². The molecule has 0 saturated heterocycles. The van der Waals surface area contributed by atoms with Gasteiger partial charge in [0.25, 0.3) is 5.91 Å². The zero-order valence-electron chi connectivity index (χ0n) is 17.4. The van der Waals surface area contributed by atoms with Crippen LogP contribution in [0, 0.1) is 6.92 Å². The third kappa shape index (κ3) is 3.76. The lowest BCUT2D eigenvalue weighted by atomic mass is 10.00. The van der Waals surface area contributed by atoms with Crippen LogP contribution in [0.2, 0.25) is 0 Å². The van der Waals surface area contributed by atoms with E-state index in [9.17, 15) is 13.2 Å². The SMILES string of the molecule is Cc1ccc(C2CC(c3cccs3)=NN2C(=O)CS(=O)(=O)c2c[nH]c3ccccc23)cc1. The maximum Gasteiger partial charge on any atom is 0.258 e. The Balaban J connectivity index is 1.48. The maximum absolute atomic E-state index is 13.3. The van der Waals surface area contributed by atoms with Gasteiger partial charge in [0, 0.05) is 23.5 Å². The van der Waals surface area contributed by atoms with Crippen molar-refractivity contribution in [3.05, 3.63) is 88.2 Å². The van der Waals surface area contributed by atoms with E-state index in [1.54, 1.807) is 23.5 Å². The van der Waals surface area contributed by atoms with Gasteiger partial charge in [-0.25, -0.2) is 13.4 Å². The Hall–Kier alpha value is -3.23. The highest BCUT2D eigenvalue weighted by Crippen LogP contribution is 2.34. The largest absolute Gasteiger partial charge is 0.360 e. The second-order valence-corrected chi connectivity index (χ2v) is 10.8. The number of para-hydroxylation sites is 1. The van der Waals surface area contributed by atoms with Gasteiger partial charge in [-0.3, -0.25) is 4.79 Å². The van der Waals surface area contributed by atoms with Crippen LogP contribution in [0.25, 0.3) is 10.9 Å². The minimum atomic E-state index is -3.85. The molecule has 0 saturated carbocycles. The standard InChI is InChI=1S/C24H21N3O3S2/c1-16-8-10-17(11-9-16)21-13-20(22-7-4-12-31-22)26-27(21)24(28)15-32(29,30)23-14-25-19-6-3-2-5-18(19)23/h2-12,14,21,25H,13,15H2,1H3. The van der Waals surface area contributed by atoms with Crippen LogP contribution >= 0.6 is 11.3 Å². The van der Waals surface area contributed by atoms with Crippen molar-refractivity contribution in [2.45, 2.75) is 24.3 Å². The zero-order valence-corrected chi connectivity index (χ0v) is 19.0. The summed E-state index contributed by atoms with van der Waals surface area (Å²) in [6, 6.07) is 18.7. The molecule has 1 N–H and O–H groups in total. The highest BCUT2D eigenvalue weighted by atomic mass is 32.2. The lowest BCUT2D eigenvalue weighted by Gasteiger charge is -2.22. The van der Waals surface area contributed by atoms with Crippen molar-refractivity contribution in [1.29, 1.82) is 0 Å². The van der Waals surface area contributed by atoms with Gasteiger partial charge in [-0.15, -0.1) is 11.3 Å². The average molecular weight is 464 g/mol. The molecule has 2 aromatic heterocycles. The Bertz CT molecular complexity index is 1420. The van der Waals surface area contributed by atoms with Gasteiger partial charge in [0.05, 0.1) is 21.5 Å². The Kier molecular flexibility index (Phi) is 5.19. The molecule has 1 aliphatic heterocycles. The monoisotopic (exact) mass is 463 g/mol. The fraction of sp³-hybridized carbons (Fsp3) is 0.167. The second-order valence-electron chi connectivity index (χ2n) is 7.85. The highest BCUT2D eigenvalue weighted by Gasteiger charge is 2.36. The summed E-state index contributed by atoms with van der Waals surface area (Å²) in [5.41, 5.74) is 3.56. The Morgan fingerprint density at radius 3 is 2.66 bits per heavy atom. The molecule has 1 amide bonds. The minimum absolute atomic E-state index is 0.134. The number of aryl methyl sites for hydroxylation is 1. The van der Waals surface area contributed by atoms with Crippen molar-refractivity contribution < 1.29 is 13.2 Å². The van der Waals surface area contributed by atoms with Crippen LogP contribution in [0.15, 0.2) is 82.2 Å². The summed E-state index contributed by atoms with van der Waals surface area (Å²) >= 11 is 1.56. The number of hydrogen-bond donors (Lipinski definition) is 1. The number of H-pyrrole nitrogens is 1. The number of carbonyl (C=O) groups excluding carboxylic acids is 1. The van der Waals surface area contributed by atoms with Crippen LogP contribution in [0.3, 0.4) is 0 Å². The van der Waals surface area contributed by atoms with E-state index in [2.05, 4.69) is 10.1 Å². The second kappa shape index (κ2) is 8.03. The predicted molar refractivity (Wildman–Crippen MR) is 127 cm³/mol. The highest BCUT2D eigenvalue weighted by molar-refractivity contribution is 7.92. The first-order valence-electron chi connectivity index (χ1n) is 10.2. The summed E-state index contributed by atoms with van der Waals surface area (Å²) in [6.45, 7) is 2.00. The molecule has 3 heterocycles. The van der Waals surface area contributed by atoms with Gasteiger partial charge in [-0.1, -0.05) is 54.1 Å². The van der Waals surface area contributed by atoms with Crippen molar-refractivity contribution in [3.63, 3.8) is 0 Å². The van der Waals surface area contributed by atoms with E-state index in [0.29, 0.717) is 11.8 Å². The summed E-state index contributed by atoms with van der Waals surface area (Å²) in [4.78, 5) is 17.4. The smallest absolute Gasteiger partial charge is 0.258 e. The van der Waals surface area contributed by atoms with E-state index >= 15 is 0 Å². The molecule has 8 heteroatoms. The van der Waals surface area contributed by atoms with E-state index in [0.717, 1.165) is 27.2 Å². The van der Waals surface area contributed by atoms with Crippen LogP contribution in [-0.4, -0.2) is 35.8 Å². The molecule has 0 bridgehead atoms. The summed E-state index contributed by atoms with van der Waals surface area (Å²) in [7, 11) is -3.85. The number of nitrogens with zero attached hydrogens (tertiary/aromatic N) is 2. The Labute approximate surface area is 190 Å². The molecular formula is C24H21N3O3S2. The molecule has 0 spiro atoms. The summed E-state index contributed by atoms with van der Waals surface area (Å²) in [5, 5.41) is 8.48. The molecule has 5 rings (SSSR count). The molecule has 0 fully saturated rings. The van der Waals surface area contributed by atoms with Crippen LogP contribution in [0.1, 0.15) is 28.5 Å². The van der Waals surface area contributed by atoms with E-state index in [1.807, 2.05) is 60.8 Å². The van der Waals surface area contributed by atoms with Crippen molar-refractivity contribution in [2.75, 3.05) is 5.75 Å². The van der Waals surface area contributed by atoms with Gasteiger partial charge in [0.2, 0.25) is 0 Å². The number of hydrazone groups is 1. The molecule has 2 aromatic carbocycles.